The number of aromatic nitrogens is 2. The standard InChI is InChI=1S/C27H30N4O4/c1-33-23-7-3-5-20(16-23)11-14-35-24-8-4-6-22(17-24)15-21-9-12-31(13-10-21)27(32)30-25-18-29-26(34-2)19-28-25/h3-8,15-19H,9-14H2,1-2H3,(H,28,30,32). The zero-order valence-electron chi connectivity index (χ0n) is 20.1. The minimum absolute atomic E-state index is 0.171. The van der Waals surface area contributed by atoms with Crippen LogP contribution in [0.2, 0.25) is 0 Å². The molecule has 1 aliphatic rings. The molecule has 1 saturated heterocycles. The largest absolute Gasteiger partial charge is 0.497 e. The molecule has 8 nitrogen and oxygen atoms in total. The van der Waals surface area contributed by atoms with Gasteiger partial charge in [-0.25, -0.2) is 14.8 Å². The zero-order chi connectivity index (χ0) is 24.5. The first-order valence-corrected chi connectivity index (χ1v) is 11.6. The molecule has 2 heterocycles. The highest BCUT2D eigenvalue weighted by atomic mass is 16.5. The molecule has 2 aromatic carbocycles. The van der Waals surface area contributed by atoms with E-state index in [1.807, 2.05) is 30.3 Å². The van der Waals surface area contributed by atoms with Gasteiger partial charge in [0, 0.05) is 19.5 Å². The lowest BCUT2D eigenvalue weighted by atomic mass is 10.0. The summed E-state index contributed by atoms with van der Waals surface area (Å²) >= 11 is 0. The Morgan fingerprint density at radius 2 is 1.80 bits per heavy atom. The number of anilines is 1. The van der Waals surface area contributed by atoms with Crippen molar-refractivity contribution in [3.8, 4) is 17.4 Å². The first-order valence-electron chi connectivity index (χ1n) is 11.6. The molecule has 0 radical (unpaired) electrons. The summed E-state index contributed by atoms with van der Waals surface area (Å²) in [5, 5.41) is 2.79. The minimum Gasteiger partial charge on any atom is -0.497 e. The molecule has 1 N–H and O–H groups in total. The average Bonchev–Trinajstić information content (AvgIpc) is 2.90. The maximum Gasteiger partial charge on any atom is 0.323 e. The summed E-state index contributed by atoms with van der Waals surface area (Å²) in [6.07, 6.45) is 7.61. The number of hydrogen-bond acceptors (Lipinski definition) is 6. The SMILES string of the molecule is COc1cccc(CCOc2cccc(C=C3CCN(C(=O)Nc4cnc(OC)cn4)CC3)c2)c1. The predicted octanol–water partition coefficient (Wildman–Crippen LogP) is 4.83. The van der Waals surface area contributed by atoms with Crippen LogP contribution in [0.3, 0.4) is 0 Å². The second-order valence-corrected chi connectivity index (χ2v) is 8.19. The van der Waals surface area contributed by atoms with Crippen molar-refractivity contribution in [2.24, 2.45) is 0 Å². The van der Waals surface area contributed by atoms with E-state index in [4.69, 9.17) is 14.2 Å². The van der Waals surface area contributed by atoms with Gasteiger partial charge in [-0.1, -0.05) is 35.9 Å². The molecule has 0 aliphatic carbocycles. The maximum absolute atomic E-state index is 12.5. The van der Waals surface area contributed by atoms with Gasteiger partial charge in [0.25, 0.3) is 0 Å². The fourth-order valence-corrected chi connectivity index (χ4v) is 3.86. The summed E-state index contributed by atoms with van der Waals surface area (Å²) in [5.74, 6) is 2.51. The third kappa shape index (κ3) is 6.96. The topological polar surface area (TPSA) is 85.8 Å². The number of methoxy groups -OCH3 is 2. The van der Waals surface area contributed by atoms with E-state index in [-0.39, 0.29) is 6.03 Å². The van der Waals surface area contributed by atoms with Crippen LogP contribution in [-0.4, -0.2) is 54.8 Å². The number of nitrogens with one attached hydrogen (secondary N) is 1. The smallest absolute Gasteiger partial charge is 0.323 e. The van der Waals surface area contributed by atoms with Crippen LogP contribution < -0.4 is 19.5 Å². The van der Waals surface area contributed by atoms with Crippen molar-refractivity contribution in [1.29, 1.82) is 0 Å². The van der Waals surface area contributed by atoms with Gasteiger partial charge >= 0.3 is 6.03 Å². The van der Waals surface area contributed by atoms with E-state index in [2.05, 4.69) is 39.6 Å². The van der Waals surface area contributed by atoms with E-state index >= 15 is 0 Å². The van der Waals surface area contributed by atoms with Gasteiger partial charge < -0.3 is 19.1 Å². The molecule has 1 aliphatic heterocycles. The molecular weight excluding hydrogens is 444 g/mol. The van der Waals surface area contributed by atoms with Gasteiger partial charge in [0.2, 0.25) is 5.88 Å². The number of carbonyl (C=O) groups is 1. The van der Waals surface area contributed by atoms with E-state index in [1.54, 1.807) is 12.0 Å². The fourth-order valence-electron chi connectivity index (χ4n) is 3.86. The number of carbonyl (C=O) groups excluding carboxylic acids is 1. The Morgan fingerprint density at radius 1 is 1.00 bits per heavy atom. The second-order valence-electron chi connectivity index (χ2n) is 8.19. The van der Waals surface area contributed by atoms with Crippen LogP contribution >= 0.6 is 0 Å². The molecule has 0 spiro atoms. The lowest BCUT2D eigenvalue weighted by molar-refractivity contribution is 0.207. The Morgan fingerprint density at radius 3 is 2.54 bits per heavy atom. The quantitative estimate of drug-likeness (QED) is 0.504. The van der Waals surface area contributed by atoms with Crippen LogP contribution in [0.1, 0.15) is 24.0 Å². The van der Waals surface area contributed by atoms with Crippen LogP contribution in [0.25, 0.3) is 6.08 Å². The Bertz CT molecular complexity index is 1150. The van der Waals surface area contributed by atoms with Crippen molar-refractivity contribution in [2.45, 2.75) is 19.3 Å². The van der Waals surface area contributed by atoms with Crippen LogP contribution in [-0.2, 0) is 6.42 Å². The normalized spacial score (nSPS) is 13.2. The number of nitrogens with zero attached hydrogens (tertiary/aromatic N) is 3. The molecule has 35 heavy (non-hydrogen) atoms. The molecule has 0 saturated carbocycles. The number of ether oxygens (including phenoxy) is 3. The van der Waals surface area contributed by atoms with Crippen LogP contribution in [0.5, 0.6) is 17.4 Å². The summed E-state index contributed by atoms with van der Waals surface area (Å²) in [5.41, 5.74) is 3.59. The van der Waals surface area contributed by atoms with Crippen LogP contribution in [0.4, 0.5) is 10.6 Å². The van der Waals surface area contributed by atoms with Gasteiger partial charge in [-0.3, -0.25) is 5.32 Å². The van der Waals surface area contributed by atoms with Gasteiger partial charge in [-0.05, 0) is 48.2 Å². The highest BCUT2D eigenvalue weighted by molar-refractivity contribution is 5.88. The lowest BCUT2D eigenvalue weighted by Gasteiger charge is -2.28. The summed E-state index contributed by atoms with van der Waals surface area (Å²) in [7, 11) is 3.19. The molecule has 3 aromatic rings. The Kier molecular flexibility index (Phi) is 8.17. The highest BCUT2D eigenvalue weighted by Crippen LogP contribution is 2.23. The molecule has 1 fully saturated rings. The van der Waals surface area contributed by atoms with Crippen molar-refractivity contribution >= 4 is 17.9 Å². The zero-order valence-corrected chi connectivity index (χ0v) is 20.1. The Balaban J connectivity index is 1.26. The number of rotatable bonds is 8. The molecular formula is C27H30N4O4. The summed E-state index contributed by atoms with van der Waals surface area (Å²) in [6.45, 7) is 1.89. The molecule has 0 unspecified atom stereocenters. The molecule has 182 valence electrons. The van der Waals surface area contributed by atoms with Gasteiger partial charge in [-0.2, -0.15) is 0 Å². The molecule has 0 bridgehead atoms. The second kappa shape index (κ2) is 11.9. The molecule has 2 amide bonds. The lowest BCUT2D eigenvalue weighted by Crippen LogP contribution is -2.39. The summed E-state index contributed by atoms with van der Waals surface area (Å²) < 4.78 is 16.3. The van der Waals surface area contributed by atoms with Crippen molar-refractivity contribution in [3.05, 3.63) is 77.6 Å². The molecule has 0 atom stereocenters. The van der Waals surface area contributed by atoms with Gasteiger partial charge in [-0.15, -0.1) is 0 Å². The Hall–Kier alpha value is -4.07. The molecule has 4 rings (SSSR count). The number of piperidine rings is 1. The van der Waals surface area contributed by atoms with E-state index in [9.17, 15) is 4.79 Å². The number of urea groups is 1. The summed E-state index contributed by atoms with van der Waals surface area (Å²) in [6, 6.07) is 16.0. The van der Waals surface area contributed by atoms with E-state index in [0.29, 0.717) is 31.4 Å². The Labute approximate surface area is 205 Å². The number of amides is 2. The first-order chi connectivity index (χ1) is 17.1. The highest BCUT2D eigenvalue weighted by Gasteiger charge is 2.19. The first kappa shape index (κ1) is 24.1. The molecule has 8 heteroatoms. The third-order valence-electron chi connectivity index (χ3n) is 5.79. The molecule has 1 aromatic heterocycles. The van der Waals surface area contributed by atoms with Crippen molar-refractivity contribution in [2.75, 3.05) is 39.2 Å². The third-order valence-corrected chi connectivity index (χ3v) is 5.79. The summed E-state index contributed by atoms with van der Waals surface area (Å²) in [4.78, 5) is 22.5. The number of hydrogen-bond donors (Lipinski definition) is 1. The average molecular weight is 475 g/mol. The van der Waals surface area contributed by atoms with Crippen LogP contribution in [0, 0.1) is 0 Å². The van der Waals surface area contributed by atoms with Gasteiger partial charge in [0.05, 0.1) is 33.2 Å². The maximum atomic E-state index is 12.5. The van der Waals surface area contributed by atoms with E-state index < -0.39 is 0 Å². The monoisotopic (exact) mass is 474 g/mol. The fraction of sp³-hybridized carbons (Fsp3) is 0.296. The van der Waals surface area contributed by atoms with Gasteiger partial charge in [0.15, 0.2) is 5.82 Å². The number of benzene rings is 2. The van der Waals surface area contributed by atoms with Crippen molar-refractivity contribution in [3.63, 3.8) is 0 Å². The van der Waals surface area contributed by atoms with E-state index in [1.165, 1.54) is 30.6 Å². The van der Waals surface area contributed by atoms with Crippen molar-refractivity contribution < 1.29 is 19.0 Å². The van der Waals surface area contributed by atoms with Crippen molar-refractivity contribution in [1.82, 2.24) is 14.9 Å². The van der Waals surface area contributed by atoms with E-state index in [0.717, 1.165) is 36.3 Å². The number of likely N-dealkylation sites (tertiary alicyclic amines) is 1. The predicted molar refractivity (Wildman–Crippen MR) is 135 cm³/mol. The van der Waals surface area contributed by atoms with Gasteiger partial charge in [0.1, 0.15) is 11.5 Å². The van der Waals surface area contributed by atoms with Crippen LogP contribution in [0.15, 0.2) is 66.5 Å². The minimum atomic E-state index is -0.171.